The van der Waals surface area contributed by atoms with Crippen LogP contribution in [0.1, 0.15) is 10.4 Å². The maximum Gasteiger partial charge on any atom is 0.339 e. The van der Waals surface area contributed by atoms with Crippen LogP contribution in [0.3, 0.4) is 0 Å². The molecule has 0 heterocycles. The summed E-state index contributed by atoms with van der Waals surface area (Å²) in [6.45, 7) is 0. The molecule has 0 aliphatic heterocycles. The number of nitrogens with zero attached hydrogens (tertiary/aromatic N) is 1. The second-order valence-electron chi connectivity index (χ2n) is 2.43. The summed E-state index contributed by atoms with van der Waals surface area (Å²) in [6, 6.07) is 3.24. The van der Waals surface area contributed by atoms with Gasteiger partial charge in [0, 0.05) is 7.05 Å². The molecule has 0 saturated heterocycles. The molecule has 0 aliphatic rings. The zero-order valence-electron chi connectivity index (χ0n) is 7.40. The van der Waals surface area contributed by atoms with Gasteiger partial charge >= 0.3 is 5.97 Å². The van der Waals surface area contributed by atoms with Crippen LogP contribution < -0.4 is 4.74 Å². The topological polar surface area (TPSA) is 58.9 Å². The van der Waals surface area contributed by atoms with Gasteiger partial charge < -0.3 is 9.84 Å². The van der Waals surface area contributed by atoms with E-state index >= 15 is 0 Å². The minimum Gasteiger partial charge on any atom is -0.478 e. The summed E-state index contributed by atoms with van der Waals surface area (Å²) in [7, 11) is 1.48. The number of hydrogen-bond acceptors (Lipinski definition) is 3. The first-order valence-electron chi connectivity index (χ1n) is 3.75. The van der Waals surface area contributed by atoms with E-state index in [9.17, 15) is 9.18 Å². The van der Waals surface area contributed by atoms with Gasteiger partial charge in [-0.25, -0.2) is 9.18 Å². The number of halogens is 1. The Morgan fingerprint density at radius 3 is 2.93 bits per heavy atom. The molecule has 1 aromatic carbocycles. The number of aliphatic imine (C=N–C) groups is 1. The number of carbonyl (C=O) groups is 1. The predicted molar refractivity (Wildman–Crippen MR) is 48.4 cm³/mol. The lowest BCUT2D eigenvalue weighted by atomic mass is 10.2. The quantitative estimate of drug-likeness (QED) is 0.590. The lowest BCUT2D eigenvalue weighted by Crippen LogP contribution is -2.02. The summed E-state index contributed by atoms with van der Waals surface area (Å²) in [5, 5.41) is 8.70. The van der Waals surface area contributed by atoms with E-state index < -0.39 is 11.8 Å². The van der Waals surface area contributed by atoms with E-state index in [0.717, 1.165) is 18.5 Å². The Balaban J connectivity index is 3.08. The first-order valence-corrected chi connectivity index (χ1v) is 3.75. The second-order valence-corrected chi connectivity index (χ2v) is 2.43. The highest BCUT2D eigenvalue weighted by atomic mass is 19.1. The van der Waals surface area contributed by atoms with Crippen molar-refractivity contribution in [2.45, 2.75) is 0 Å². The highest BCUT2D eigenvalue weighted by Gasteiger charge is 2.11. The van der Waals surface area contributed by atoms with Gasteiger partial charge in [0.2, 0.25) is 0 Å². The number of ether oxygens (including phenoxy) is 1. The average Bonchev–Trinajstić information content (AvgIpc) is 2.15. The third kappa shape index (κ3) is 2.29. The zero-order chi connectivity index (χ0) is 10.6. The van der Waals surface area contributed by atoms with Crippen LogP contribution in [0.2, 0.25) is 0 Å². The van der Waals surface area contributed by atoms with E-state index in [2.05, 4.69) is 4.99 Å². The minimum absolute atomic E-state index is 0.0597. The molecule has 0 aliphatic carbocycles. The van der Waals surface area contributed by atoms with E-state index in [4.69, 9.17) is 9.84 Å². The van der Waals surface area contributed by atoms with E-state index in [1.165, 1.54) is 13.1 Å². The van der Waals surface area contributed by atoms with Crippen LogP contribution in [-0.4, -0.2) is 24.5 Å². The van der Waals surface area contributed by atoms with E-state index in [0.29, 0.717) is 0 Å². The van der Waals surface area contributed by atoms with Crippen LogP contribution in [-0.2, 0) is 0 Å². The minimum atomic E-state index is -1.25. The molecule has 14 heavy (non-hydrogen) atoms. The highest BCUT2D eigenvalue weighted by Crippen LogP contribution is 2.18. The van der Waals surface area contributed by atoms with Crippen LogP contribution in [0.15, 0.2) is 23.2 Å². The Morgan fingerprint density at radius 2 is 2.36 bits per heavy atom. The van der Waals surface area contributed by atoms with Crippen molar-refractivity contribution in [1.29, 1.82) is 0 Å². The summed E-state index contributed by atoms with van der Waals surface area (Å²) in [5.41, 5.74) is -0.232. The first-order chi connectivity index (χ1) is 6.65. The molecule has 0 amide bonds. The Labute approximate surface area is 79.7 Å². The van der Waals surface area contributed by atoms with Gasteiger partial charge in [0.1, 0.15) is 17.1 Å². The molecule has 0 unspecified atom stereocenters. The van der Waals surface area contributed by atoms with Gasteiger partial charge in [0.05, 0.1) is 0 Å². The maximum absolute atomic E-state index is 12.7. The number of benzene rings is 1. The lowest BCUT2D eigenvalue weighted by molar-refractivity contribution is 0.0694. The van der Waals surface area contributed by atoms with Crippen molar-refractivity contribution < 1.29 is 19.0 Å². The van der Waals surface area contributed by atoms with E-state index in [-0.39, 0.29) is 11.3 Å². The van der Waals surface area contributed by atoms with Crippen molar-refractivity contribution >= 4 is 12.4 Å². The molecule has 0 atom stereocenters. The zero-order valence-corrected chi connectivity index (χ0v) is 7.40. The standard InChI is InChI=1S/C9H8FNO3/c1-11-5-14-8-3-2-6(10)4-7(8)9(12)13/h2-5H,1H3,(H,12,13). The molecular formula is C9H8FNO3. The van der Waals surface area contributed by atoms with Gasteiger partial charge in [-0.15, -0.1) is 0 Å². The molecule has 4 nitrogen and oxygen atoms in total. The Kier molecular flexibility index (Phi) is 3.17. The van der Waals surface area contributed by atoms with Crippen molar-refractivity contribution in [2.75, 3.05) is 7.05 Å². The number of carboxylic acids is 1. The van der Waals surface area contributed by atoms with E-state index in [1.807, 2.05) is 0 Å². The van der Waals surface area contributed by atoms with Gasteiger partial charge in [0.25, 0.3) is 0 Å². The first kappa shape index (κ1) is 10.2. The van der Waals surface area contributed by atoms with Crippen LogP contribution in [0.5, 0.6) is 5.75 Å². The SMILES string of the molecule is CN=COc1ccc(F)cc1C(=O)O. The molecule has 0 spiro atoms. The normalized spacial score (nSPS) is 10.4. The Morgan fingerprint density at radius 1 is 1.64 bits per heavy atom. The van der Waals surface area contributed by atoms with Crippen LogP contribution in [0, 0.1) is 5.82 Å². The second kappa shape index (κ2) is 4.36. The summed E-state index contributed by atoms with van der Waals surface area (Å²) in [4.78, 5) is 14.2. The van der Waals surface area contributed by atoms with Gasteiger partial charge in [0.15, 0.2) is 6.40 Å². The molecule has 0 bridgehead atoms. The number of rotatable bonds is 3. The smallest absolute Gasteiger partial charge is 0.339 e. The summed E-state index contributed by atoms with van der Waals surface area (Å²) in [6.07, 6.45) is 1.08. The third-order valence-electron chi connectivity index (χ3n) is 1.46. The molecule has 1 N–H and O–H groups in total. The summed E-state index contributed by atoms with van der Waals surface area (Å²) >= 11 is 0. The molecule has 1 aromatic rings. The fraction of sp³-hybridized carbons (Fsp3) is 0.111. The number of carboxylic acid groups (broad SMARTS) is 1. The van der Waals surface area contributed by atoms with Crippen LogP contribution in [0.4, 0.5) is 4.39 Å². The summed E-state index contributed by atoms with van der Waals surface area (Å²) < 4.78 is 17.5. The molecular weight excluding hydrogens is 189 g/mol. The fourth-order valence-electron chi connectivity index (χ4n) is 0.882. The van der Waals surface area contributed by atoms with Gasteiger partial charge in [-0.2, -0.15) is 0 Å². The molecule has 5 heteroatoms. The van der Waals surface area contributed by atoms with Crippen molar-refractivity contribution in [2.24, 2.45) is 4.99 Å². The fourth-order valence-corrected chi connectivity index (χ4v) is 0.882. The highest BCUT2D eigenvalue weighted by molar-refractivity contribution is 5.91. The largest absolute Gasteiger partial charge is 0.478 e. The van der Waals surface area contributed by atoms with Gasteiger partial charge in [-0.05, 0) is 18.2 Å². The molecule has 0 radical (unpaired) electrons. The van der Waals surface area contributed by atoms with Crippen molar-refractivity contribution in [3.8, 4) is 5.75 Å². The number of hydrogen-bond donors (Lipinski definition) is 1. The van der Waals surface area contributed by atoms with Crippen molar-refractivity contribution in [1.82, 2.24) is 0 Å². The van der Waals surface area contributed by atoms with E-state index in [1.54, 1.807) is 0 Å². The Bertz CT molecular complexity index is 376. The van der Waals surface area contributed by atoms with Gasteiger partial charge in [-0.3, -0.25) is 4.99 Å². The van der Waals surface area contributed by atoms with Crippen LogP contribution in [0.25, 0.3) is 0 Å². The van der Waals surface area contributed by atoms with Crippen molar-refractivity contribution in [3.63, 3.8) is 0 Å². The van der Waals surface area contributed by atoms with Crippen molar-refractivity contribution in [3.05, 3.63) is 29.6 Å². The lowest BCUT2D eigenvalue weighted by Gasteiger charge is -2.03. The Hall–Kier alpha value is -1.91. The maximum atomic E-state index is 12.7. The monoisotopic (exact) mass is 197 g/mol. The summed E-state index contributed by atoms with van der Waals surface area (Å²) in [5.74, 6) is -1.81. The molecule has 0 aromatic heterocycles. The van der Waals surface area contributed by atoms with Crippen LogP contribution >= 0.6 is 0 Å². The predicted octanol–water partition coefficient (Wildman–Crippen LogP) is 1.56. The van der Waals surface area contributed by atoms with Gasteiger partial charge in [-0.1, -0.05) is 0 Å². The molecule has 74 valence electrons. The third-order valence-corrected chi connectivity index (χ3v) is 1.46. The molecule has 0 saturated carbocycles. The molecule has 1 rings (SSSR count). The average molecular weight is 197 g/mol. The number of aromatic carboxylic acids is 1. The molecule has 0 fully saturated rings.